The summed E-state index contributed by atoms with van der Waals surface area (Å²) >= 11 is 0. The van der Waals surface area contributed by atoms with Crippen molar-refractivity contribution in [2.24, 2.45) is 5.73 Å². The van der Waals surface area contributed by atoms with Crippen LogP contribution in [0.5, 0.6) is 0 Å². The van der Waals surface area contributed by atoms with Gasteiger partial charge in [0, 0.05) is 12.6 Å². The number of esters is 1. The van der Waals surface area contributed by atoms with E-state index in [1.54, 1.807) is 0 Å². The third-order valence-electron chi connectivity index (χ3n) is 3.03. The summed E-state index contributed by atoms with van der Waals surface area (Å²) in [5.74, 6) is -4.51. The highest BCUT2D eigenvalue weighted by Gasteiger charge is 2.45. The molecule has 0 saturated carbocycles. The first-order valence-electron chi connectivity index (χ1n) is 5.41. The summed E-state index contributed by atoms with van der Waals surface area (Å²) in [6.45, 7) is 0.239. The third kappa shape index (κ3) is 1.42. The van der Waals surface area contributed by atoms with Gasteiger partial charge in [0.05, 0.1) is 5.57 Å². The quantitative estimate of drug-likeness (QED) is 0.354. The predicted octanol–water partition coefficient (Wildman–Crippen LogP) is -1.31. The zero-order valence-corrected chi connectivity index (χ0v) is 9.52. The third-order valence-corrected chi connectivity index (χ3v) is 3.03. The molecular weight excluding hydrogens is 254 g/mol. The number of nitrogens with two attached hydrogens (primary N) is 1. The van der Waals surface area contributed by atoms with Crippen LogP contribution >= 0.6 is 0 Å². The second kappa shape index (κ2) is 3.72. The van der Waals surface area contributed by atoms with E-state index in [2.05, 4.69) is 4.74 Å². The van der Waals surface area contributed by atoms with Crippen molar-refractivity contribution in [2.75, 3.05) is 13.2 Å². The summed E-state index contributed by atoms with van der Waals surface area (Å²) in [7, 11) is 0. The Morgan fingerprint density at radius 1 is 1.05 bits per heavy atom. The molecule has 0 amide bonds. The van der Waals surface area contributed by atoms with Crippen LogP contribution in [0.25, 0.3) is 0 Å². The molecule has 0 aromatic rings. The zero-order valence-electron chi connectivity index (χ0n) is 9.52. The first-order valence-corrected chi connectivity index (χ1v) is 5.41. The van der Waals surface area contributed by atoms with Gasteiger partial charge in [0.25, 0.3) is 0 Å². The number of ketones is 3. The largest absolute Gasteiger partial charge is 0.488 e. The summed E-state index contributed by atoms with van der Waals surface area (Å²) in [6, 6.07) is 0. The minimum absolute atomic E-state index is 0.100. The summed E-state index contributed by atoms with van der Waals surface area (Å²) in [5, 5.41) is 0. The highest BCUT2D eigenvalue weighted by atomic mass is 16.5. The lowest BCUT2D eigenvalue weighted by Gasteiger charge is -2.19. The van der Waals surface area contributed by atoms with Crippen molar-refractivity contribution in [1.82, 2.24) is 0 Å². The van der Waals surface area contributed by atoms with Crippen molar-refractivity contribution < 1.29 is 28.7 Å². The van der Waals surface area contributed by atoms with Crippen molar-refractivity contribution >= 4 is 23.3 Å². The van der Waals surface area contributed by atoms with Crippen LogP contribution in [0, 0.1) is 0 Å². The Hall–Kier alpha value is -2.54. The molecule has 0 aromatic carbocycles. The summed E-state index contributed by atoms with van der Waals surface area (Å²) in [5.41, 5.74) is 5.78. The molecule has 2 aliphatic heterocycles. The van der Waals surface area contributed by atoms with Crippen molar-refractivity contribution in [3.05, 3.63) is 34.3 Å². The Morgan fingerprint density at radius 2 is 1.79 bits per heavy atom. The SMILES string of the molecule is NCC1=C2C(=O)C3=C(C=C2OC1)OC(=O)C(=O)C3=O. The van der Waals surface area contributed by atoms with E-state index in [1.165, 1.54) is 6.08 Å². The van der Waals surface area contributed by atoms with E-state index in [4.69, 9.17) is 10.5 Å². The number of Topliss-reactive ketones (excluding diaryl/α,β-unsaturated/α-hetero) is 3. The molecule has 3 rings (SSSR count). The summed E-state index contributed by atoms with van der Waals surface area (Å²) < 4.78 is 9.90. The molecule has 96 valence electrons. The van der Waals surface area contributed by atoms with Gasteiger partial charge in [-0.3, -0.25) is 14.4 Å². The molecule has 1 aliphatic carbocycles. The molecule has 3 aliphatic rings. The van der Waals surface area contributed by atoms with Gasteiger partial charge in [-0.15, -0.1) is 0 Å². The van der Waals surface area contributed by atoms with E-state index in [0.717, 1.165) is 0 Å². The lowest BCUT2D eigenvalue weighted by Crippen LogP contribution is -2.37. The van der Waals surface area contributed by atoms with Crippen molar-refractivity contribution in [3.63, 3.8) is 0 Å². The Morgan fingerprint density at radius 3 is 2.47 bits per heavy atom. The van der Waals surface area contributed by atoms with Gasteiger partial charge in [-0.25, -0.2) is 4.79 Å². The van der Waals surface area contributed by atoms with Crippen LogP contribution in [0.3, 0.4) is 0 Å². The smallest absolute Gasteiger partial charge is 0.388 e. The predicted molar refractivity (Wildman–Crippen MR) is 58.3 cm³/mol. The van der Waals surface area contributed by atoms with Crippen LogP contribution in [0.1, 0.15) is 0 Å². The van der Waals surface area contributed by atoms with Crippen LogP contribution in [-0.2, 0) is 28.7 Å². The van der Waals surface area contributed by atoms with Crippen molar-refractivity contribution in [3.8, 4) is 0 Å². The second-order valence-corrected chi connectivity index (χ2v) is 4.10. The van der Waals surface area contributed by atoms with Gasteiger partial charge in [0.1, 0.15) is 23.7 Å². The number of fused-ring (bicyclic) bond motifs is 1. The lowest BCUT2D eigenvalue weighted by molar-refractivity contribution is -0.155. The fourth-order valence-electron chi connectivity index (χ4n) is 2.11. The Balaban J connectivity index is 2.19. The highest BCUT2D eigenvalue weighted by molar-refractivity contribution is 6.69. The molecule has 19 heavy (non-hydrogen) atoms. The average Bonchev–Trinajstić information content (AvgIpc) is 2.79. The number of hydrogen-bond acceptors (Lipinski definition) is 7. The molecule has 0 bridgehead atoms. The monoisotopic (exact) mass is 261 g/mol. The molecule has 0 atom stereocenters. The molecule has 0 saturated heterocycles. The van der Waals surface area contributed by atoms with Gasteiger partial charge in [-0.1, -0.05) is 0 Å². The normalized spacial score (nSPS) is 22.1. The maximum absolute atomic E-state index is 12.2. The fraction of sp³-hybridized carbons (Fsp3) is 0.167. The van der Waals surface area contributed by atoms with Gasteiger partial charge >= 0.3 is 11.8 Å². The first-order chi connectivity index (χ1) is 9.04. The molecule has 0 fully saturated rings. The highest BCUT2D eigenvalue weighted by Crippen LogP contribution is 2.35. The van der Waals surface area contributed by atoms with Crippen LogP contribution < -0.4 is 5.73 Å². The Labute approximate surface area is 106 Å². The minimum Gasteiger partial charge on any atom is -0.488 e. The van der Waals surface area contributed by atoms with Crippen LogP contribution in [0.2, 0.25) is 0 Å². The number of hydrogen-bond donors (Lipinski definition) is 1. The zero-order chi connectivity index (χ0) is 13.7. The van der Waals surface area contributed by atoms with Gasteiger partial charge in [-0.05, 0) is 5.57 Å². The molecule has 7 heteroatoms. The molecule has 2 heterocycles. The van der Waals surface area contributed by atoms with Crippen molar-refractivity contribution in [1.29, 1.82) is 0 Å². The van der Waals surface area contributed by atoms with Crippen LogP contribution in [0.4, 0.5) is 0 Å². The maximum atomic E-state index is 12.2. The molecule has 0 unspecified atom stereocenters. The number of rotatable bonds is 1. The lowest BCUT2D eigenvalue weighted by atomic mass is 9.88. The summed E-state index contributed by atoms with van der Waals surface area (Å²) in [6.07, 6.45) is 1.26. The van der Waals surface area contributed by atoms with Crippen LogP contribution in [0.15, 0.2) is 34.3 Å². The maximum Gasteiger partial charge on any atom is 0.388 e. The number of allylic oxidation sites excluding steroid dienone is 3. The van der Waals surface area contributed by atoms with E-state index >= 15 is 0 Å². The second-order valence-electron chi connectivity index (χ2n) is 4.10. The Bertz CT molecular complexity index is 664. The first kappa shape index (κ1) is 11.5. The number of carbonyl (C=O) groups excluding carboxylic acids is 4. The van der Waals surface area contributed by atoms with E-state index in [0.29, 0.717) is 5.57 Å². The average molecular weight is 261 g/mol. The molecule has 2 N–H and O–H groups in total. The van der Waals surface area contributed by atoms with Gasteiger partial charge in [0.2, 0.25) is 11.6 Å². The number of carbonyl (C=O) groups is 4. The fourth-order valence-corrected chi connectivity index (χ4v) is 2.11. The van der Waals surface area contributed by atoms with E-state index in [-0.39, 0.29) is 30.2 Å². The minimum atomic E-state index is -1.35. The topological polar surface area (TPSA) is 113 Å². The Kier molecular flexibility index (Phi) is 2.26. The molecule has 0 spiro atoms. The van der Waals surface area contributed by atoms with E-state index < -0.39 is 28.9 Å². The molecule has 0 aromatic heterocycles. The standard InChI is InChI=1S/C12H7NO6/c13-2-4-3-18-5-1-6-8(9(14)7(4)5)10(15)11(16)12(17)19-6/h1H,2-3,13H2. The molecule has 0 radical (unpaired) electrons. The van der Waals surface area contributed by atoms with Gasteiger partial charge in [0.15, 0.2) is 0 Å². The number of ether oxygens (including phenoxy) is 2. The van der Waals surface area contributed by atoms with Gasteiger partial charge in [-0.2, -0.15) is 0 Å². The van der Waals surface area contributed by atoms with E-state index in [9.17, 15) is 19.2 Å². The molecule has 7 nitrogen and oxygen atoms in total. The van der Waals surface area contributed by atoms with Crippen molar-refractivity contribution in [2.45, 2.75) is 0 Å². The summed E-state index contributed by atoms with van der Waals surface area (Å²) in [4.78, 5) is 46.3. The van der Waals surface area contributed by atoms with E-state index in [1.807, 2.05) is 0 Å². The van der Waals surface area contributed by atoms with Crippen LogP contribution in [-0.4, -0.2) is 36.5 Å². The van der Waals surface area contributed by atoms with Gasteiger partial charge < -0.3 is 15.2 Å². The molecular formula is C12H7NO6.